The molecule has 0 aliphatic rings. The minimum Gasteiger partial charge on any atom is -0.339 e. The fourth-order valence-corrected chi connectivity index (χ4v) is 1.99. The molecule has 2 N–H and O–H groups in total. The molecule has 0 fully saturated rings. The Balaban J connectivity index is 1.69. The summed E-state index contributed by atoms with van der Waals surface area (Å²) in [6.45, 7) is 0. The first-order valence-electron chi connectivity index (χ1n) is 7.12. The number of carbonyl (C=O) groups is 1. The molecule has 0 bridgehead atoms. The number of hydrogen-bond acceptors (Lipinski definition) is 4. The Bertz CT molecular complexity index is 916. The van der Waals surface area contributed by atoms with E-state index in [1.807, 2.05) is 0 Å². The quantitative estimate of drug-likeness (QED) is 0.753. The van der Waals surface area contributed by atoms with Gasteiger partial charge in [-0.05, 0) is 30.3 Å². The Morgan fingerprint density at radius 3 is 2.40 bits per heavy atom. The average Bonchev–Trinajstić information content (AvgIpc) is 2.59. The number of hydrogen-bond donors (Lipinski definition) is 2. The minimum absolute atomic E-state index is 0.0140. The summed E-state index contributed by atoms with van der Waals surface area (Å²) in [6, 6.07) is 8.72. The summed E-state index contributed by atoms with van der Waals surface area (Å²) >= 11 is 0. The van der Waals surface area contributed by atoms with Crippen molar-refractivity contribution in [2.75, 3.05) is 10.6 Å². The molecule has 5 nitrogen and oxygen atoms in total. The number of benzene rings is 2. The van der Waals surface area contributed by atoms with Crippen LogP contribution in [0.4, 0.5) is 30.4 Å². The van der Waals surface area contributed by atoms with Crippen LogP contribution in [0.25, 0.3) is 0 Å². The second kappa shape index (κ2) is 7.00. The summed E-state index contributed by atoms with van der Waals surface area (Å²) in [7, 11) is 0. The number of nitrogens with one attached hydrogen (secondary N) is 2. The third-order valence-corrected chi connectivity index (χ3v) is 3.16. The molecule has 0 atom stereocenters. The van der Waals surface area contributed by atoms with Gasteiger partial charge in [0.05, 0.1) is 12.4 Å². The molecule has 0 spiro atoms. The second-order valence-corrected chi connectivity index (χ2v) is 5.01. The van der Waals surface area contributed by atoms with Gasteiger partial charge in [-0.2, -0.15) is 0 Å². The fraction of sp³-hybridized carbons (Fsp3) is 0. The molecule has 0 saturated carbocycles. The van der Waals surface area contributed by atoms with Crippen LogP contribution < -0.4 is 10.6 Å². The van der Waals surface area contributed by atoms with Gasteiger partial charge in [0, 0.05) is 17.4 Å². The van der Waals surface area contributed by atoms with Gasteiger partial charge in [-0.1, -0.05) is 6.07 Å². The second-order valence-electron chi connectivity index (χ2n) is 5.01. The topological polar surface area (TPSA) is 66.9 Å². The highest BCUT2D eigenvalue weighted by Gasteiger charge is 2.09. The van der Waals surface area contributed by atoms with Crippen molar-refractivity contribution in [3.63, 3.8) is 0 Å². The molecule has 0 saturated heterocycles. The highest BCUT2D eigenvalue weighted by atomic mass is 19.2. The van der Waals surface area contributed by atoms with Gasteiger partial charge in [0.2, 0.25) is 0 Å². The van der Waals surface area contributed by atoms with Crippen molar-refractivity contribution >= 4 is 23.1 Å². The van der Waals surface area contributed by atoms with Gasteiger partial charge < -0.3 is 10.6 Å². The van der Waals surface area contributed by atoms with Crippen molar-refractivity contribution in [3.05, 3.63) is 78.0 Å². The lowest BCUT2D eigenvalue weighted by Crippen LogP contribution is -2.14. The average molecular weight is 344 g/mol. The van der Waals surface area contributed by atoms with Crippen LogP contribution in [-0.2, 0) is 0 Å². The van der Waals surface area contributed by atoms with E-state index in [2.05, 4.69) is 20.6 Å². The van der Waals surface area contributed by atoms with Crippen LogP contribution in [0.5, 0.6) is 0 Å². The lowest BCUT2D eigenvalue weighted by Gasteiger charge is -2.07. The Morgan fingerprint density at radius 1 is 0.880 bits per heavy atom. The van der Waals surface area contributed by atoms with Crippen LogP contribution in [0.1, 0.15) is 10.5 Å². The Hall–Kier alpha value is -3.42. The summed E-state index contributed by atoms with van der Waals surface area (Å²) in [5.41, 5.74) is 0.584. The van der Waals surface area contributed by atoms with Gasteiger partial charge in [-0.25, -0.2) is 23.1 Å². The van der Waals surface area contributed by atoms with E-state index in [0.29, 0.717) is 0 Å². The number of amides is 1. The molecule has 8 heteroatoms. The monoisotopic (exact) mass is 344 g/mol. The van der Waals surface area contributed by atoms with E-state index in [-0.39, 0.29) is 22.9 Å². The predicted octanol–water partition coefficient (Wildman–Crippen LogP) is 3.89. The number of rotatable bonds is 4. The largest absolute Gasteiger partial charge is 0.339 e. The Kier molecular flexibility index (Phi) is 4.60. The van der Waals surface area contributed by atoms with Gasteiger partial charge in [0.25, 0.3) is 5.91 Å². The van der Waals surface area contributed by atoms with E-state index in [9.17, 15) is 18.0 Å². The number of nitrogens with zero attached hydrogens (tertiary/aromatic N) is 2. The molecular formula is C17H11F3N4O. The van der Waals surface area contributed by atoms with Crippen LogP contribution in [0.15, 0.2) is 54.9 Å². The van der Waals surface area contributed by atoms with E-state index >= 15 is 0 Å². The van der Waals surface area contributed by atoms with Crippen molar-refractivity contribution in [2.24, 2.45) is 0 Å². The number of aromatic nitrogens is 2. The van der Waals surface area contributed by atoms with Crippen LogP contribution in [0.3, 0.4) is 0 Å². The van der Waals surface area contributed by atoms with Gasteiger partial charge in [0.1, 0.15) is 17.3 Å². The fourth-order valence-electron chi connectivity index (χ4n) is 1.99. The zero-order valence-corrected chi connectivity index (χ0v) is 12.6. The SMILES string of the molecule is O=C(Nc1cccc(F)c1)c1cnc(Nc2ccc(F)c(F)c2)cn1. The Labute approximate surface area is 140 Å². The minimum atomic E-state index is -0.996. The number of anilines is 3. The third-order valence-electron chi connectivity index (χ3n) is 3.16. The number of halogens is 3. The molecule has 1 amide bonds. The van der Waals surface area contributed by atoms with E-state index < -0.39 is 23.4 Å². The van der Waals surface area contributed by atoms with Crippen molar-refractivity contribution in [1.82, 2.24) is 9.97 Å². The first-order valence-corrected chi connectivity index (χ1v) is 7.12. The highest BCUT2D eigenvalue weighted by Crippen LogP contribution is 2.17. The van der Waals surface area contributed by atoms with Crippen LogP contribution in [0, 0.1) is 17.5 Å². The molecule has 0 radical (unpaired) electrons. The maximum absolute atomic E-state index is 13.2. The standard InChI is InChI=1S/C17H11F3N4O/c18-10-2-1-3-11(6-10)24-17(25)15-8-22-16(9-21-15)23-12-4-5-13(19)14(20)7-12/h1-9H,(H,22,23)(H,24,25). The summed E-state index contributed by atoms with van der Waals surface area (Å²) in [6.07, 6.45) is 2.47. The van der Waals surface area contributed by atoms with Crippen LogP contribution in [0.2, 0.25) is 0 Å². The number of carbonyl (C=O) groups excluding carboxylic acids is 1. The normalized spacial score (nSPS) is 10.4. The molecule has 25 heavy (non-hydrogen) atoms. The molecule has 2 aromatic carbocycles. The molecule has 1 heterocycles. The highest BCUT2D eigenvalue weighted by molar-refractivity contribution is 6.02. The third kappa shape index (κ3) is 4.11. The smallest absolute Gasteiger partial charge is 0.275 e. The lowest BCUT2D eigenvalue weighted by molar-refractivity contribution is 0.102. The summed E-state index contributed by atoms with van der Waals surface area (Å²) in [4.78, 5) is 19.9. The van der Waals surface area contributed by atoms with E-state index in [0.717, 1.165) is 12.1 Å². The zero-order valence-electron chi connectivity index (χ0n) is 12.6. The van der Waals surface area contributed by atoms with Gasteiger partial charge in [-0.3, -0.25) is 4.79 Å². The van der Waals surface area contributed by atoms with Crippen molar-refractivity contribution in [1.29, 1.82) is 0 Å². The maximum atomic E-state index is 13.2. The van der Waals surface area contributed by atoms with Gasteiger partial charge in [0.15, 0.2) is 11.6 Å². The first-order chi connectivity index (χ1) is 12.0. The van der Waals surface area contributed by atoms with E-state index in [4.69, 9.17) is 0 Å². The summed E-state index contributed by atoms with van der Waals surface area (Å²) in [5.74, 6) is -2.74. The molecular weight excluding hydrogens is 333 g/mol. The van der Waals surface area contributed by atoms with Crippen LogP contribution >= 0.6 is 0 Å². The lowest BCUT2D eigenvalue weighted by atomic mass is 10.3. The molecule has 3 rings (SSSR count). The predicted molar refractivity (Wildman–Crippen MR) is 86.0 cm³/mol. The summed E-state index contributed by atoms with van der Waals surface area (Å²) < 4.78 is 39.1. The van der Waals surface area contributed by atoms with Gasteiger partial charge in [-0.15, -0.1) is 0 Å². The molecule has 126 valence electrons. The molecule has 1 aromatic heterocycles. The molecule has 0 aliphatic carbocycles. The van der Waals surface area contributed by atoms with Crippen molar-refractivity contribution < 1.29 is 18.0 Å². The summed E-state index contributed by atoms with van der Waals surface area (Å²) in [5, 5.41) is 5.22. The molecule has 0 aliphatic heterocycles. The zero-order chi connectivity index (χ0) is 17.8. The van der Waals surface area contributed by atoms with Crippen molar-refractivity contribution in [2.45, 2.75) is 0 Å². The van der Waals surface area contributed by atoms with Crippen LogP contribution in [-0.4, -0.2) is 15.9 Å². The molecule has 0 unspecified atom stereocenters. The van der Waals surface area contributed by atoms with Gasteiger partial charge >= 0.3 is 0 Å². The molecule has 3 aromatic rings. The first kappa shape index (κ1) is 16.4. The Morgan fingerprint density at radius 2 is 1.72 bits per heavy atom. The maximum Gasteiger partial charge on any atom is 0.275 e. The van der Waals surface area contributed by atoms with E-state index in [1.165, 1.54) is 42.7 Å². The van der Waals surface area contributed by atoms with E-state index in [1.54, 1.807) is 0 Å². The van der Waals surface area contributed by atoms with Crippen molar-refractivity contribution in [3.8, 4) is 0 Å².